The van der Waals surface area contributed by atoms with Crippen molar-refractivity contribution in [3.8, 4) is 0 Å². The average molecular weight is 232 g/mol. The number of hydrogen-bond donors (Lipinski definition) is 0. The van der Waals surface area contributed by atoms with Crippen LogP contribution in [0.5, 0.6) is 0 Å². The second-order valence-electron chi connectivity index (χ2n) is 4.80. The quantitative estimate of drug-likeness (QED) is 0.579. The van der Waals surface area contributed by atoms with E-state index in [2.05, 4.69) is 25.1 Å². The van der Waals surface area contributed by atoms with Crippen molar-refractivity contribution in [3.63, 3.8) is 0 Å². The van der Waals surface area contributed by atoms with Crippen molar-refractivity contribution < 1.29 is 14.3 Å². The van der Waals surface area contributed by atoms with E-state index in [0.29, 0.717) is 6.61 Å². The van der Waals surface area contributed by atoms with Gasteiger partial charge in [0.1, 0.15) is 5.60 Å². The Kier molecular flexibility index (Phi) is 2.26. The third kappa shape index (κ3) is 1.49. The van der Waals surface area contributed by atoms with Gasteiger partial charge in [-0.15, -0.1) is 0 Å². The zero-order chi connectivity index (χ0) is 12.0. The van der Waals surface area contributed by atoms with Gasteiger partial charge in [0.25, 0.3) is 0 Å². The number of benzene rings is 1. The monoisotopic (exact) mass is 232 g/mol. The molecule has 2 unspecified atom stereocenters. The van der Waals surface area contributed by atoms with E-state index in [4.69, 9.17) is 9.47 Å². The maximum Gasteiger partial charge on any atom is 0.338 e. The molecule has 2 atom stereocenters. The zero-order valence-electron chi connectivity index (χ0n) is 10.2. The van der Waals surface area contributed by atoms with Crippen molar-refractivity contribution in [1.82, 2.24) is 0 Å². The second kappa shape index (κ2) is 3.57. The van der Waals surface area contributed by atoms with Crippen LogP contribution in [0, 0.1) is 6.92 Å². The summed E-state index contributed by atoms with van der Waals surface area (Å²) in [5, 5.41) is 0. The van der Waals surface area contributed by atoms with E-state index >= 15 is 0 Å². The Bertz CT molecular complexity index is 480. The van der Waals surface area contributed by atoms with Crippen LogP contribution >= 0.6 is 0 Å². The van der Waals surface area contributed by atoms with Gasteiger partial charge in [0.15, 0.2) is 6.10 Å². The number of aryl methyl sites for hydroxylation is 2. The normalized spacial score (nSPS) is 29.2. The van der Waals surface area contributed by atoms with Gasteiger partial charge in [0.05, 0.1) is 6.61 Å². The number of carbonyl (C=O) groups is 1. The summed E-state index contributed by atoms with van der Waals surface area (Å²) in [5.41, 5.74) is 3.34. The lowest BCUT2D eigenvalue weighted by Crippen LogP contribution is -2.19. The highest BCUT2D eigenvalue weighted by molar-refractivity contribution is 5.80. The molecule has 0 radical (unpaired) electrons. The first-order valence-corrected chi connectivity index (χ1v) is 6.12. The SMILES string of the molecule is CCOC(=O)C1OC12CCc1ccc(C)cc12. The Balaban J connectivity index is 1.90. The number of carbonyl (C=O) groups excluding carboxylic acids is 1. The first-order valence-electron chi connectivity index (χ1n) is 6.12. The molecule has 0 bridgehead atoms. The van der Waals surface area contributed by atoms with Crippen molar-refractivity contribution in [1.29, 1.82) is 0 Å². The Morgan fingerprint density at radius 2 is 2.41 bits per heavy atom. The molecule has 0 N–H and O–H groups in total. The third-order valence-corrected chi connectivity index (χ3v) is 3.68. The summed E-state index contributed by atoms with van der Waals surface area (Å²) >= 11 is 0. The Morgan fingerprint density at radius 1 is 1.59 bits per heavy atom. The largest absolute Gasteiger partial charge is 0.464 e. The lowest BCUT2D eigenvalue weighted by Gasteiger charge is -2.07. The maximum absolute atomic E-state index is 11.7. The van der Waals surface area contributed by atoms with Crippen LogP contribution in [0.1, 0.15) is 30.0 Å². The Morgan fingerprint density at radius 3 is 3.18 bits per heavy atom. The molecule has 1 aliphatic heterocycles. The first-order chi connectivity index (χ1) is 8.17. The van der Waals surface area contributed by atoms with Crippen LogP contribution in [0.3, 0.4) is 0 Å². The standard InChI is InChI=1S/C14H16O3/c1-3-16-13(15)12-14(17-12)7-6-10-5-4-9(2)8-11(10)14/h4-5,8,12H,3,6-7H2,1-2H3. The topological polar surface area (TPSA) is 38.8 Å². The Labute approximate surface area is 101 Å². The number of ether oxygens (including phenoxy) is 2. The number of hydrogen-bond acceptors (Lipinski definition) is 3. The second-order valence-corrected chi connectivity index (χ2v) is 4.80. The van der Waals surface area contributed by atoms with E-state index in [-0.39, 0.29) is 17.7 Å². The van der Waals surface area contributed by atoms with Crippen LogP contribution in [0.25, 0.3) is 0 Å². The van der Waals surface area contributed by atoms with Crippen molar-refractivity contribution in [2.75, 3.05) is 6.61 Å². The summed E-state index contributed by atoms with van der Waals surface area (Å²) in [4.78, 5) is 11.7. The molecule has 0 saturated carbocycles. The molecule has 90 valence electrons. The molecule has 0 amide bonds. The van der Waals surface area contributed by atoms with Gasteiger partial charge in [0, 0.05) is 0 Å². The van der Waals surface area contributed by atoms with E-state index < -0.39 is 0 Å². The van der Waals surface area contributed by atoms with Gasteiger partial charge in [0.2, 0.25) is 0 Å². The van der Waals surface area contributed by atoms with E-state index in [9.17, 15) is 4.79 Å². The molecule has 2 aliphatic rings. The predicted molar refractivity (Wildman–Crippen MR) is 62.7 cm³/mol. The highest BCUT2D eigenvalue weighted by Gasteiger charge is 2.65. The molecule has 3 nitrogen and oxygen atoms in total. The van der Waals surface area contributed by atoms with Crippen molar-refractivity contribution in [3.05, 3.63) is 34.9 Å². The molecule has 1 aromatic rings. The Hall–Kier alpha value is -1.35. The summed E-state index contributed by atoms with van der Waals surface area (Å²) in [6.45, 7) is 4.29. The van der Waals surface area contributed by atoms with Crippen LogP contribution in [-0.2, 0) is 26.3 Å². The lowest BCUT2D eigenvalue weighted by molar-refractivity contribution is -0.144. The first kappa shape index (κ1) is 10.8. The summed E-state index contributed by atoms with van der Waals surface area (Å²) in [7, 11) is 0. The third-order valence-electron chi connectivity index (χ3n) is 3.68. The highest BCUT2D eigenvalue weighted by atomic mass is 16.7. The van der Waals surface area contributed by atoms with Gasteiger partial charge >= 0.3 is 5.97 Å². The number of esters is 1. The van der Waals surface area contributed by atoms with E-state index in [1.54, 1.807) is 0 Å². The van der Waals surface area contributed by atoms with Crippen LogP contribution in [0.15, 0.2) is 18.2 Å². The molecule has 0 aromatic heterocycles. The van der Waals surface area contributed by atoms with Crippen LogP contribution in [-0.4, -0.2) is 18.7 Å². The lowest BCUT2D eigenvalue weighted by atomic mass is 9.96. The minimum Gasteiger partial charge on any atom is -0.464 e. The van der Waals surface area contributed by atoms with Crippen molar-refractivity contribution in [2.24, 2.45) is 0 Å². The molecular formula is C14H16O3. The predicted octanol–water partition coefficient (Wildman–Crippen LogP) is 2.10. The van der Waals surface area contributed by atoms with Gasteiger partial charge < -0.3 is 9.47 Å². The van der Waals surface area contributed by atoms with E-state index in [1.165, 1.54) is 16.7 Å². The molecule has 17 heavy (non-hydrogen) atoms. The number of fused-ring (bicyclic) bond motifs is 2. The molecule has 3 heteroatoms. The maximum atomic E-state index is 11.7. The van der Waals surface area contributed by atoms with Crippen LogP contribution in [0.4, 0.5) is 0 Å². The summed E-state index contributed by atoms with van der Waals surface area (Å²) in [6.07, 6.45) is 1.51. The fraction of sp³-hybridized carbons (Fsp3) is 0.500. The van der Waals surface area contributed by atoms with Gasteiger partial charge in [-0.3, -0.25) is 0 Å². The van der Waals surface area contributed by atoms with Gasteiger partial charge in [-0.05, 0) is 37.8 Å². The van der Waals surface area contributed by atoms with Gasteiger partial charge in [-0.25, -0.2) is 4.79 Å². The highest BCUT2D eigenvalue weighted by Crippen LogP contribution is 2.55. The minimum atomic E-state index is -0.384. The molecule has 1 fully saturated rings. The molecular weight excluding hydrogens is 216 g/mol. The molecule has 1 spiro atoms. The van der Waals surface area contributed by atoms with E-state index in [1.807, 2.05) is 6.92 Å². The zero-order valence-corrected chi connectivity index (χ0v) is 10.2. The van der Waals surface area contributed by atoms with Gasteiger partial charge in [-0.1, -0.05) is 23.8 Å². The fourth-order valence-electron chi connectivity index (χ4n) is 2.78. The van der Waals surface area contributed by atoms with E-state index in [0.717, 1.165) is 12.8 Å². The average Bonchev–Trinajstić information content (AvgIpc) is 2.93. The van der Waals surface area contributed by atoms with Crippen molar-refractivity contribution in [2.45, 2.75) is 38.4 Å². The smallest absolute Gasteiger partial charge is 0.338 e. The molecule has 1 saturated heterocycles. The summed E-state index contributed by atoms with van der Waals surface area (Å²) in [6, 6.07) is 6.39. The molecule has 1 aliphatic carbocycles. The molecule has 1 aromatic carbocycles. The van der Waals surface area contributed by atoms with Crippen LogP contribution in [0.2, 0.25) is 0 Å². The number of epoxide rings is 1. The summed E-state index contributed by atoms with van der Waals surface area (Å²) in [5.74, 6) is -0.221. The molecule has 3 rings (SSSR count). The summed E-state index contributed by atoms with van der Waals surface area (Å²) < 4.78 is 10.7. The van der Waals surface area contributed by atoms with Crippen LogP contribution < -0.4 is 0 Å². The number of rotatable bonds is 2. The minimum absolute atomic E-state index is 0.221. The molecule has 1 heterocycles. The van der Waals surface area contributed by atoms with Gasteiger partial charge in [-0.2, -0.15) is 0 Å². The van der Waals surface area contributed by atoms with Crippen molar-refractivity contribution >= 4 is 5.97 Å². The fourth-order valence-corrected chi connectivity index (χ4v) is 2.78.